The van der Waals surface area contributed by atoms with Crippen LogP contribution in [0.1, 0.15) is 11.1 Å². The smallest absolute Gasteiger partial charge is 0.420 e. The van der Waals surface area contributed by atoms with Gasteiger partial charge in [-0.25, -0.2) is 4.79 Å². The van der Waals surface area contributed by atoms with Gasteiger partial charge in [0.1, 0.15) is 6.54 Å². The lowest BCUT2D eigenvalue weighted by atomic mass is 10.1. The van der Waals surface area contributed by atoms with Gasteiger partial charge in [-0.05, 0) is 43.2 Å². The normalized spacial score (nSPS) is 10.7. The predicted octanol–water partition coefficient (Wildman–Crippen LogP) is 2.39. The van der Waals surface area contributed by atoms with Crippen molar-refractivity contribution >= 4 is 28.7 Å². The van der Waals surface area contributed by atoms with E-state index in [0.717, 1.165) is 11.1 Å². The van der Waals surface area contributed by atoms with E-state index in [0.29, 0.717) is 16.8 Å². The first kappa shape index (κ1) is 17.5. The van der Waals surface area contributed by atoms with Crippen LogP contribution in [0.15, 0.2) is 51.7 Å². The summed E-state index contributed by atoms with van der Waals surface area (Å²) in [4.78, 5) is 35.8. The molecule has 0 aliphatic heterocycles. The lowest BCUT2D eigenvalue weighted by molar-refractivity contribution is -0.147. The minimum Gasteiger partial charge on any atom is -0.454 e. The third-order valence-electron chi connectivity index (χ3n) is 4.10. The van der Waals surface area contributed by atoms with Crippen molar-refractivity contribution in [1.82, 2.24) is 4.57 Å². The summed E-state index contributed by atoms with van der Waals surface area (Å²) in [6.45, 7) is 3.08. The summed E-state index contributed by atoms with van der Waals surface area (Å²) in [6.07, 6.45) is 0. The number of esters is 1. The Labute approximate surface area is 149 Å². The van der Waals surface area contributed by atoms with E-state index in [1.54, 1.807) is 30.3 Å². The Morgan fingerprint density at radius 3 is 2.69 bits per heavy atom. The van der Waals surface area contributed by atoms with Gasteiger partial charge in [-0.3, -0.25) is 14.2 Å². The molecular formula is C19H18N2O5. The Bertz CT molecular complexity index is 1030. The molecule has 0 unspecified atom stereocenters. The third kappa shape index (κ3) is 3.66. The van der Waals surface area contributed by atoms with E-state index in [-0.39, 0.29) is 6.54 Å². The number of oxazole rings is 1. The van der Waals surface area contributed by atoms with Gasteiger partial charge >= 0.3 is 11.7 Å². The average molecular weight is 354 g/mol. The van der Waals surface area contributed by atoms with Crippen molar-refractivity contribution in [2.45, 2.75) is 20.4 Å². The molecule has 3 aromatic rings. The third-order valence-corrected chi connectivity index (χ3v) is 4.10. The highest BCUT2D eigenvalue weighted by molar-refractivity contribution is 5.93. The molecule has 134 valence electrons. The maximum atomic E-state index is 12.0. The number of aromatic nitrogens is 1. The number of ether oxygens (including phenoxy) is 1. The molecule has 0 atom stereocenters. The number of aryl methyl sites for hydroxylation is 1. The van der Waals surface area contributed by atoms with Crippen LogP contribution in [-0.2, 0) is 20.9 Å². The number of hydrogen-bond acceptors (Lipinski definition) is 5. The van der Waals surface area contributed by atoms with Gasteiger partial charge in [-0.1, -0.05) is 24.3 Å². The molecule has 0 saturated heterocycles. The topological polar surface area (TPSA) is 90.5 Å². The molecule has 1 aromatic heterocycles. The van der Waals surface area contributed by atoms with Crippen LogP contribution >= 0.6 is 0 Å². The number of hydrogen-bond donors (Lipinski definition) is 1. The van der Waals surface area contributed by atoms with Gasteiger partial charge in [-0.2, -0.15) is 0 Å². The first-order chi connectivity index (χ1) is 12.5. The van der Waals surface area contributed by atoms with Gasteiger partial charge in [0.15, 0.2) is 12.2 Å². The summed E-state index contributed by atoms with van der Waals surface area (Å²) >= 11 is 0. The zero-order valence-electron chi connectivity index (χ0n) is 14.4. The van der Waals surface area contributed by atoms with Gasteiger partial charge < -0.3 is 14.5 Å². The Kier molecular flexibility index (Phi) is 4.88. The second-order valence-corrected chi connectivity index (χ2v) is 5.88. The number of para-hydroxylation sites is 2. The standard InChI is InChI=1S/C19H18N2O5/c1-12-6-5-7-14(13(12)2)20-17(22)11-25-18(23)10-21-15-8-3-4-9-16(15)26-19(21)24/h3-9H,10-11H2,1-2H3,(H,20,22). The molecule has 7 heteroatoms. The molecule has 3 rings (SSSR count). The molecular weight excluding hydrogens is 336 g/mol. The maximum Gasteiger partial charge on any atom is 0.420 e. The van der Waals surface area contributed by atoms with Crippen molar-refractivity contribution in [3.05, 3.63) is 64.1 Å². The van der Waals surface area contributed by atoms with Crippen LogP contribution < -0.4 is 11.1 Å². The first-order valence-corrected chi connectivity index (χ1v) is 8.06. The Morgan fingerprint density at radius 2 is 1.88 bits per heavy atom. The summed E-state index contributed by atoms with van der Waals surface area (Å²) in [5, 5.41) is 2.70. The van der Waals surface area contributed by atoms with Crippen LogP contribution in [0.5, 0.6) is 0 Å². The molecule has 1 N–H and O–H groups in total. The van der Waals surface area contributed by atoms with Crippen LogP contribution in [-0.4, -0.2) is 23.1 Å². The SMILES string of the molecule is Cc1cccc(NC(=O)COC(=O)Cn2c(=O)oc3ccccc32)c1C. The van der Waals surface area contributed by atoms with E-state index >= 15 is 0 Å². The van der Waals surface area contributed by atoms with Crippen molar-refractivity contribution in [1.29, 1.82) is 0 Å². The predicted molar refractivity (Wildman–Crippen MR) is 96.0 cm³/mol. The summed E-state index contributed by atoms with van der Waals surface area (Å²) in [6, 6.07) is 12.3. The van der Waals surface area contributed by atoms with E-state index in [4.69, 9.17) is 9.15 Å². The zero-order chi connectivity index (χ0) is 18.7. The lowest BCUT2D eigenvalue weighted by Gasteiger charge is -2.10. The zero-order valence-corrected chi connectivity index (χ0v) is 14.4. The van der Waals surface area contributed by atoms with Crippen molar-refractivity contribution in [3.8, 4) is 0 Å². The van der Waals surface area contributed by atoms with Gasteiger partial charge in [0, 0.05) is 5.69 Å². The molecule has 0 saturated carbocycles. The molecule has 1 amide bonds. The van der Waals surface area contributed by atoms with Crippen LogP contribution in [0.2, 0.25) is 0 Å². The molecule has 7 nitrogen and oxygen atoms in total. The Balaban J connectivity index is 1.60. The van der Waals surface area contributed by atoms with E-state index in [2.05, 4.69) is 5.32 Å². The number of carbonyl (C=O) groups is 2. The summed E-state index contributed by atoms with van der Waals surface area (Å²) in [5.41, 5.74) is 3.55. The number of anilines is 1. The molecule has 2 aromatic carbocycles. The van der Waals surface area contributed by atoms with Gasteiger partial charge in [0.2, 0.25) is 0 Å². The van der Waals surface area contributed by atoms with Crippen molar-refractivity contribution in [2.75, 3.05) is 11.9 Å². The molecule has 0 radical (unpaired) electrons. The molecule has 0 bridgehead atoms. The number of fused-ring (bicyclic) bond motifs is 1. The summed E-state index contributed by atoms with van der Waals surface area (Å²) in [5.74, 6) is -1.80. The van der Waals surface area contributed by atoms with E-state index in [1.807, 2.05) is 26.0 Å². The second kappa shape index (κ2) is 7.26. The summed E-state index contributed by atoms with van der Waals surface area (Å²) in [7, 11) is 0. The fraction of sp³-hybridized carbons (Fsp3) is 0.211. The summed E-state index contributed by atoms with van der Waals surface area (Å²) < 4.78 is 11.2. The largest absolute Gasteiger partial charge is 0.454 e. The Morgan fingerprint density at radius 1 is 1.12 bits per heavy atom. The number of amides is 1. The molecule has 26 heavy (non-hydrogen) atoms. The van der Waals surface area contributed by atoms with Crippen LogP contribution in [0.25, 0.3) is 11.1 Å². The highest BCUT2D eigenvalue weighted by atomic mass is 16.5. The van der Waals surface area contributed by atoms with Gasteiger partial charge in [-0.15, -0.1) is 0 Å². The van der Waals surface area contributed by atoms with Crippen molar-refractivity contribution in [2.24, 2.45) is 0 Å². The fourth-order valence-corrected chi connectivity index (χ4v) is 2.56. The maximum absolute atomic E-state index is 12.0. The van der Waals surface area contributed by atoms with E-state index < -0.39 is 24.2 Å². The second-order valence-electron chi connectivity index (χ2n) is 5.88. The molecule has 0 aliphatic carbocycles. The first-order valence-electron chi connectivity index (χ1n) is 8.06. The van der Waals surface area contributed by atoms with Crippen molar-refractivity contribution in [3.63, 3.8) is 0 Å². The number of nitrogens with one attached hydrogen (secondary N) is 1. The quantitative estimate of drug-likeness (QED) is 0.711. The number of rotatable bonds is 5. The van der Waals surface area contributed by atoms with E-state index in [1.165, 1.54) is 4.57 Å². The molecule has 0 spiro atoms. The Hall–Kier alpha value is -3.35. The molecule has 0 fully saturated rings. The fourth-order valence-electron chi connectivity index (χ4n) is 2.56. The highest BCUT2D eigenvalue weighted by Gasteiger charge is 2.15. The van der Waals surface area contributed by atoms with Crippen molar-refractivity contribution < 1.29 is 18.7 Å². The molecule has 1 heterocycles. The number of nitrogens with zero attached hydrogens (tertiary/aromatic N) is 1. The minimum atomic E-state index is -0.699. The van der Waals surface area contributed by atoms with Crippen LogP contribution in [0.3, 0.4) is 0 Å². The molecule has 0 aliphatic rings. The average Bonchev–Trinajstić information content (AvgIpc) is 2.93. The van der Waals surface area contributed by atoms with Gasteiger partial charge in [0.05, 0.1) is 5.52 Å². The van der Waals surface area contributed by atoms with Crippen LogP contribution in [0.4, 0.5) is 5.69 Å². The minimum absolute atomic E-state index is 0.327. The lowest BCUT2D eigenvalue weighted by Crippen LogP contribution is -2.26. The van der Waals surface area contributed by atoms with Crippen LogP contribution in [0, 0.1) is 13.8 Å². The highest BCUT2D eigenvalue weighted by Crippen LogP contribution is 2.17. The van der Waals surface area contributed by atoms with E-state index in [9.17, 15) is 14.4 Å². The number of benzene rings is 2. The number of carbonyl (C=O) groups excluding carboxylic acids is 2. The van der Waals surface area contributed by atoms with Gasteiger partial charge in [0.25, 0.3) is 5.91 Å². The monoisotopic (exact) mass is 354 g/mol.